The molecular weight excluding hydrogens is 280 g/mol. The zero-order valence-corrected chi connectivity index (χ0v) is 12.0. The summed E-state index contributed by atoms with van der Waals surface area (Å²) in [7, 11) is -3.82. The van der Waals surface area contributed by atoms with Gasteiger partial charge in [-0.25, -0.2) is 4.79 Å². The predicted octanol–water partition coefficient (Wildman–Crippen LogP) is 2.01. The molecule has 0 atom stereocenters. The molecule has 108 valence electrons. The Kier molecular flexibility index (Phi) is 3.20. The second kappa shape index (κ2) is 4.77. The van der Waals surface area contributed by atoms with Gasteiger partial charge in [-0.3, -0.25) is 0 Å². The van der Waals surface area contributed by atoms with Crippen LogP contribution in [0.25, 0.3) is 0 Å². The number of fused-ring (bicyclic) bond motifs is 1. The van der Waals surface area contributed by atoms with Crippen LogP contribution in [0, 0.1) is 0 Å². The lowest BCUT2D eigenvalue weighted by molar-refractivity contribution is 0.0742. The predicted molar refractivity (Wildman–Crippen MR) is 72.5 cm³/mol. The molecular formula is C14H16O5S. The van der Waals surface area contributed by atoms with Gasteiger partial charge in [-0.05, 0) is 48.8 Å². The number of aryl methyl sites for hydroxylation is 1. The minimum atomic E-state index is -3.82. The van der Waals surface area contributed by atoms with Gasteiger partial charge in [-0.15, -0.1) is 0 Å². The second-order valence-corrected chi connectivity index (χ2v) is 6.93. The van der Waals surface area contributed by atoms with Crippen LogP contribution in [0.5, 0.6) is 5.75 Å². The van der Waals surface area contributed by atoms with Crippen LogP contribution in [0.1, 0.15) is 46.7 Å². The first-order valence-electron chi connectivity index (χ1n) is 6.67. The fraction of sp³-hybridized carbons (Fsp3) is 0.500. The highest BCUT2D eigenvalue weighted by Crippen LogP contribution is 2.43. The summed E-state index contributed by atoms with van der Waals surface area (Å²) in [5.74, 6) is 0.106. The van der Waals surface area contributed by atoms with Crippen LogP contribution in [0.3, 0.4) is 0 Å². The van der Waals surface area contributed by atoms with E-state index in [9.17, 15) is 13.2 Å². The van der Waals surface area contributed by atoms with Crippen LogP contribution >= 0.6 is 0 Å². The molecule has 0 radical (unpaired) electrons. The molecule has 1 saturated carbocycles. The summed E-state index contributed by atoms with van der Waals surface area (Å²) in [5, 5.41) is 0. The Labute approximate surface area is 118 Å². The van der Waals surface area contributed by atoms with Gasteiger partial charge in [0.25, 0.3) is 0 Å². The summed E-state index contributed by atoms with van der Waals surface area (Å²) in [5.41, 5.74) is 2.28. The average molecular weight is 296 g/mol. The highest BCUT2D eigenvalue weighted by Gasteiger charge is 2.29. The Bertz CT molecular complexity index is 658. The highest BCUT2D eigenvalue weighted by molar-refractivity contribution is 7.86. The molecule has 1 aromatic rings. The van der Waals surface area contributed by atoms with Crippen molar-refractivity contribution in [2.24, 2.45) is 0 Å². The topological polar surface area (TPSA) is 69.7 Å². The first kappa shape index (κ1) is 13.4. The van der Waals surface area contributed by atoms with E-state index in [1.165, 1.54) is 0 Å². The molecule has 0 aromatic heterocycles. The molecule has 1 heterocycles. The van der Waals surface area contributed by atoms with Crippen molar-refractivity contribution >= 4 is 16.1 Å². The molecule has 20 heavy (non-hydrogen) atoms. The molecule has 3 rings (SSSR count). The fourth-order valence-electron chi connectivity index (χ4n) is 2.49. The molecule has 5 nitrogen and oxygen atoms in total. The van der Waals surface area contributed by atoms with E-state index in [4.69, 9.17) is 4.74 Å². The first-order valence-corrected chi connectivity index (χ1v) is 8.49. The van der Waals surface area contributed by atoms with Crippen molar-refractivity contribution in [1.82, 2.24) is 0 Å². The maximum absolute atomic E-state index is 12.0. The van der Waals surface area contributed by atoms with Crippen LogP contribution in [-0.4, -0.2) is 27.2 Å². The molecule has 0 N–H and O–H groups in total. The van der Waals surface area contributed by atoms with Gasteiger partial charge < -0.3 is 8.92 Å². The molecule has 0 unspecified atom stereocenters. The molecule has 1 aromatic carbocycles. The first-order chi connectivity index (χ1) is 9.44. The van der Waals surface area contributed by atoms with E-state index < -0.39 is 16.1 Å². The molecule has 2 aliphatic rings. The summed E-state index contributed by atoms with van der Waals surface area (Å²) >= 11 is 0. The lowest BCUT2D eigenvalue weighted by Gasteiger charge is -2.21. The lowest BCUT2D eigenvalue weighted by atomic mass is 9.97. The molecule has 1 fully saturated rings. The minimum absolute atomic E-state index is 0.231. The Morgan fingerprint density at radius 3 is 2.75 bits per heavy atom. The van der Waals surface area contributed by atoms with Crippen molar-refractivity contribution < 1.29 is 22.1 Å². The van der Waals surface area contributed by atoms with Crippen molar-refractivity contribution in [3.8, 4) is 5.75 Å². The van der Waals surface area contributed by atoms with Gasteiger partial charge in [0.1, 0.15) is 11.3 Å². The van der Waals surface area contributed by atoms with Gasteiger partial charge in [-0.2, -0.15) is 8.42 Å². The van der Waals surface area contributed by atoms with Gasteiger partial charge in [0.05, 0.1) is 12.9 Å². The van der Waals surface area contributed by atoms with Crippen molar-refractivity contribution in [3.05, 3.63) is 28.8 Å². The average Bonchev–Trinajstić information content (AvgIpc) is 3.19. The van der Waals surface area contributed by atoms with E-state index in [1.807, 2.05) is 0 Å². The zero-order chi connectivity index (χ0) is 14.3. The SMILES string of the molecule is CS(=O)(=O)OC(=O)c1cc(C2CC2)cc2c1OCCC2. The van der Waals surface area contributed by atoms with Gasteiger partial charge >= 0.3 is 16.1 Å². The summed E-state index contributed by atoms with van der Waals surface area (Å²) in [4.78, 5) is 12.0. The van der Waals surface area contributed by atoms with Crippen LogP contribution in [0.4, 0.5) is 0 Å². The number of rotatable bonds is 3. The van der Waals surface area contributed by atoms with Crippen molar-refractivity contribution in [1.29, 1.82) is 0 Å². The number of benzene rings is 1. The number of hydrogen-bond donors (Lipinski definition) is 0. The number of ether oxygens (including phenoxy) is 1. The third-order valence-electron chi connectivity index (χ3n) is 3.52. The normalized spacial score (nSPS) is 18.1. The second-order valence-electron chi connectivity index (χ2n) is 5.36. The molecule has 1 aliphatic carbocycles. The molecule has 0 spiro atoms. The molecule has 6 heteroatoms. The van der Waals surface area contributed by atoms with Crippen LogP contribution < -0.4 is 4.74 Å². The third kappa shape index (κ3) is 2.80. The van der Waals surface area contributed by atoms with Crippen molar-refractivity contribution in [2.75, 3.05) is 12.9 Å². The Morgan fingerprint density at radius 2 is 2.10 bits per heavy atom. The molecule has 0 bridgehead atoms. The lowest BCUT2D eigenvalue weighted by Crippen LogP contribution is -2.17. The maximum atomic E-state index is 12.0. The Morgan fingerprint density at radius 1 is 1.35 bits per heavy atom. The van der Waals surface area contributed by atoms with E-state index in [1.54, 1.807) is 6.07 Å². The van der Waals surface area contributed by atoms with Crippen LogP contribution in [-0.2, 0) is 20.7 Å². The van der Waals surface area contributed by atoms with Gasteiger partial charge in [0.2, 0.25) is 0 Å². The van der Waals surface area contributed by atoms with Crippen molar-refractivity contribution in [3.63, 3.8) is 0 Å². The maximum Gasteiger partial charge on any atom is 0.357 e. The largest absolute Gasteiger partial charge is 0.492 e. The molecule has 0 saturated heterocycles. The van der Waals surface area contributed by atoms with Gasteiger partial charge in [-0.1, -0.05) is 6.07 Å². The smallest absolute Gasteiger partial charge is 0.357 e. The summed E-state index contributed by atoms with van der Waals surface area (Å²) in [6.45, 7) is 0.537. The zero-order valence-electron chi connectivity index (χ0n) is 11.2. The quantitative estimate of drug-likeness (QED) is 0.798. The highest BCUT2D eigenvalue weighted by atomic mass is 32.2. The van der Waals surface area contributed by atoms with E-state index in [0.717, 1.165) is 43.1 Å². The third-order valence-corrected chi connectivity index (χ3v) is 3.97. The van der Waals surface area contributed by atoms with Gasteiger partial charge in [0, 0.05) is 0 Å². The van der Waals surface area contributed by atoms with E-state index in [2.05, 4.69) is 10.2 Å². The van der Waals surface area contributed by atoms with E-state index in [-0.39, 0.29) is 5.56 Å². The van der Waals surface area contributed by atoms with Gasteiger partial charge in [0.15, 0.2) is 0 Å². The Hall–Kier alpha value is -1.56. The summed E-state index contributed by atoms with van der Waals surface area (Å²) in [6.07, 6.45) is 4.83. The molecule has 1 aliphatic heterocycles. The van der Waals surface area contributed by atoms with Crippen LogP contribution in [0.2, 0.25) is 0 Å². The minimum Gasteiger partial charge on any atom is -0.492 e. The number of hydrogen-bond acceptors (Lipinski definition) is 5. The summed E-state index contributed by atoms with van der Waals surface area (Å²) in [6, 6.07) is 3.79. The van der Waals surface area contributed by atoms with Crippen molar-refractivity contribution in [2.45, 2.75) is 31.6 Å². The monoisotopic (exact) mass is 296 g/mol. The standard InChI is InChI=1S/C14H16O5S/c1-20(16,17)19-14(15)12-8-11(9-4-5-9)7-10-3-2-6-18-13(10)12/h7-9H,2-6H2,1H3. The number of carbonyl (C=O) groups is 1. The van der Waals surface area contributed by atoms with Crippen LogP contribution in [0.15, 0.2) is 12.1 Å². The summed E-state index contributed by atoms with van der Waals surface area (Å²) < 4.78 is 32.3. The Balaban J connectivity index is 2.03. The van der Waals surface area contributed by atoms with E-state index in [0.29, 0.717) is 18.3 Å². The number of carbonyl (C=O) groups excluding carboxylic acids is 1. The van der Waals surface area contributed by atoms with E-state index >= 15 is 0 Å². The fourth-order valence-corrected chi connectivity index (χ4v) is 2.86. The molecule has 0 amide bonds.